The lowest BCUT2D eigenvalue weighted by molar-refractivity contribution is 0.272. The SMILES string of the molecule is OCc1nc(N2CC3CCCNC3C2)n[nH]1. The third kappa shape index (κ3) is 1.68. The van der Waals surface area contributed by atoms with Crippen LogP contribution in [-0.4, -0.2) is 46.0 Å². The molecule has 2 aliphatic heterocycles. The monoisotopic (exact) mass is 223 g/mol. The summed E-state index contributed by atoms with van der Waals surface area (Å²) in [5.74, 6) is 1.99. The van der Waals surface area contributed by atoms with Crippen molar-refractivity contribution >= 4 is 5.95 Å². The number of anilines is 1. The molecule has 6 nitrogen and oxygen atoms in total. The van der Waals surface area contributed by atoms with Crippen LogP contribution in [0.5, 0.6) is 0 Å². The number of rotatable bonds is 2. The first-order valence-electron chi connectivity index (χ1n) is 5.87. The van der Waals surface area contributed by atoms with E-state index in [1.54, 1.807) is 0 Å². The van der Waals surface area contributed by atoms with E-state index >= 15 is 0 Å². The summed E-state index contributed by atoms with van der Waals surface area (Å²) in [5.41, 5.74) is 0. The topological polar surface area (TPSA) is 77.1 Å². The fraction of sp³-hybridized carbons (Fsp3) is 0.800. The first-order chi connectivity index (χ1) is 7.86. The molecule has 3 rings (SSSR count). The van der Waals surface area contributed by atoms with Gasteiger partial charge in [-0.15, -0.1) is 5.10 Å². The molecule has 2 fully saturated rings. The van der Waals surface area contributed by atoms with Gasteiger partial charge in [0.15, 0.2) is 5.82 Å². The summed E-state index contributed by atoms with van der Waals surface area (Å²) in [6, 6.07) is 0.588. The van der Waals surface area contributed by atoms with E-state index in [-0.39, 0.29) is 6.61 Å². The van der Waals surface area contributed by atoms with Crippen LogP contribution in [0.2, 0.25) is 0 Å². The average molecular weight is 223 g/mol. The van der Waals surface area contributed by atoms with Crippen molar-refractivity contribution < 1.29 is 5.11 Å². The Balaban J connectivity index is 1.72. The van der Waals surface area contributed by atoms with Crippen LogP contribution in [0.15, 0.2) is 0 Å². The highest BCUT2D eigenvalue weighted by Crippen LogP contribution is 2.27. The second-order valence-electron chi connectivity index (χ2n) is 4.61. The Hall–Kier alpha value is -1.14. The number of hydrogen-bond donors (Lipinski definition) is 3. The molecule has 2 atom stereocenters. The maximum absolute atomic E-state index is 8.94. The van der Waals surface area contributed by atoms with Crippen LogP contribution in [0.4, 0.5) is 5.95 Å². The predicted octanol–water partition coefficient (Wildman–Crippen LogP) is -0.515. The number of aromatic nitrogens is 3. The molecule has 0 saturated carbocycles. The number of hydrogen-bond acceptors (Lipinski definition) is 5. The number of piperidine rings is 1. The van der Waals surface area contributed by atoms with Crippen LogP contribution in [-0.2, 0) is 6.61 Å². The van der Waals surface area contributed by atoms with Crippen molar-refractivity contribution in [3.63, 3.8) is 0 Å². The van der Waals surface area contributed by atoms with E-state index < -0.39 is 0 Å². The van der Waals surface area contributed by atoms with Crippen molar-refractivity contribution in [3.8, 4) is 0 Å². The van der Waals surface area contributed by atoms with Crippen molar-refractivity contribution in [2.24, 2.45) is 5.92 Å². The summed E-state index contributed by atoms with van der Waals surface area (Å²) in [5, 5.41) is 19.3. The molecule has 2 saturated heterocycles. The molecule has 1 aromatic rings. The molecule has 1 aromatic heterocycles. The third-order valence-corrected chi connectivity index (χ3v) is 3.55. The van der Waals surface area contributed by atoms with E-state index in [2.05, 4.69) is 25.4 Å². The van der Waals surface area contributed by atoms with Gasteiger partial charge in [-0.25, -0.2) is 0 Å². The van der Waals surface area contributed by atoms with Crippen LogP contribution in [0.3, 0.4) is 0 Å². The van der Waals surface area contributed by atoms with Gasteiger partial charge in [0.2, 0.25) is 5.95 Å². The van der Waals surface area contributed by atoms with Crippen LogP contribution in [0, 0.1) is 5.92 Å². The van der Waals surface area contributed by atoms with Gasteiger partial charge < -0.3 is 15.3 Å². The number of aliphatic hydroxyl groups is 1. The molecule has 3 heterocycles. The van der Waals surface area contributed by atoms with Crippen molar-refractivity contribution in [3.05, 3.63) is 5.82 Å². The number of nitrogens with one attached hydrogen (secondary N) is 2. The molecular weight excluding hydrogens is 206 g/mol. The van der Waals surface area contributed by atoms with Crippen molar-refractivity contribution in [2.75, 3.05) is 24.5 Å². The number of H-pyrrole nitrogens is 1. The molecule has 6 heteroatoms. The van der Waals surface area contributed by atoms with Crippen molar-refractivity contribution in [1.29, 1.82) is 0 Å². The Bertz CT molecular complexity index is 352. The van der Waals surface area contributed by atoms with Gasteiger partial charge in [0.05, 0.1) is 0 Å². The van der Waals surface area contributed by atoms with E-state index in [0.717, 1.165) is 31.5 Å². The minimum absolute atomic E-state index is 0.0774. The van der Waals surface area contributed by atoms with E-state index in [4.69, 9.17) is 5.11 Å². The zero-order chi connectivity index (χ0) is 11.0. The molecule has 0 spiro atoms. The molecular formula is C10H17N5O. The van der Waals surface area contributed by atoms with Crippen LogP contribution in [0.1, 0.15) is 18.7 Å². The average Bonchev–Trinajstić information content (AvgIpc) is 2.95. The van der Waals surface area contributed by atoms with Gasteiger partial charge >= 0.3 is 0 Å². The number of aromatic amines is 1. The Labute approximate surface area is 94.1 Å². The number of aliphatic hydroxyl groups excluding tert-OH is 1. The second-order valence-corrected chi connectivity index (χ2v) is 4.61. The fourth-order valence-electron chi connectivity index (χ4n) is 2.71. The fourth-order valence-corrected chi connectivity index (χ4v) is 2.71. The summed E-state index contributed by atoms with van der Waals surface area (Å²) >= 11 is 0. The normalized spacial score (nSPS) is 29.4. The highest BCUT2D eigenvalue weighted by atomic mass is 16.3. The predicted molar refractivity (Wildman–Crippen MR) is 59.0 cm³/mol. The quantitative estimate of drug-likeness (QED) is 0.629. The Morgan fingerprint density at radius 3 is 3.12 bits per heavy atom. The first kappa shape index (κ1) is 10.0. The lowest BCUT2D eigenvalue weighted by Gasteiger charge is -2.24. The van der Waals surface area contributed by atoms with E-state index in [9.17, 15) is 0 Å². The summed E-state index contributed by atoms with van der Waals surface area (Å²) in [6.07, 6.45) is 2.57. The highest BCUT2D eigenvalue weighted by Gasteiger charge is 2.35. The van der Waals surface area contributed by atoms with Gasteiger partial charge in [-0.1, -0.05) is 0 Å². The summed E-state index contributed by atoms with van der Waals surface area (Å²) in [4.78, 5) is 6.45. The van der Waals surface area contributed by atoms with Gasteiger partial charge in [-0.2, -0.15) is 4.98 Å². The molecule has 2 aliphatic rings. The van der Waals surface area contributed by atoms with Crippen LogP contribution >= 0.6 is 0 Å². The standard InChI is InChI=1S/C10H17N5O/c16-6-9-12-10(14-13-9)15-4-7-2-1-3-11-8(7)5-15/h7-8,11,16H,1-6H2,(H,12,13,14). The Kier molecular flexibility index (Phi) is 2.53. The van der Waals surface area contributed by atoms with Gasteiger partial charge in [0.25, 0.3) is 0 Å². The van der Waals surface area contributed by atoms with Crippen LogP contribution in [0.25, 0.3) is 0 Å². The smallest absolute Gasteiger partial charge is 0.244 e. The molecule has 2 unspecified atom stereocenters. The molecule has 16 heavy (non-hydrogen) atoms. The Morgan fingerprint density at radius 2 is 2.38 bits per heavy atom. The molecule has 88 valence electrons. The number of nitrogens with zero attached hydrogens (tertiary/aromatic N) is 3. The van der Waals surface area contributed by atoms with Gasteiger partial charge in [-0.3, -0.25) is 5.10 Å². The van der Waals surface area contributed by atoms with E-state index in [1.165, 1.54) is 12.8 Å². The zero-order valence-electron chi connectivity index (χ0n) is 9.19. The lowest BCUT2D eigenvalue weighted by Crippen LogP contribution is -2.40. The van der Waals surface area contributed by atoms with E-state index in [0.29, 0.717) is 11.9 Å². The maximum atomic E-state index is 8.94. The lowest BCUT2D eigenvalue weighted by atomic mass is 9.94. The third-order valence-electron chi connectivity index (χ3n) is 3.55. The molecule has 3 N–H and O–H groups in total. The second kappa shape index (κ2) is 4.03. The van der Waals surface area contributed by atoms with Crippen molar-refractivity contribution in [1.82, 2.24) is 20.5 Å². The Morgan fingerprint density at radius 1 is 1.44 bits per heavy atom. The summed E-state index contributed by atoms with van der Waals surface area (Å²) in [6.45, 7) is 3.06. The molecule has 0 radical (unpaired) electrons. The maximum Gasteiger partial charge on any atom is 0.244 e. The largest absolute Gasteiger partial charge is 0.388 e. The minimum atomic E-state index is -0.0774. The molecule has 0 bridgehead atoms. The molecule has 0 aromatic carbocycles. The first-order valence-corrected chi connectivity index (χ1v) is 5.87. The number of fused-ring (bicyclic) bond motifs is 1. The highest BCUT2D eigenvalue weighted by molar-refractivity contribution is 5.32. The summed E-state index contributed by atoms with van der Waals surface area (Å²) in [7, 11) is 0. The zero-order valence-corrected chi connectivity index (χ0v) is 9.19. The molecule has 0 aliphatic carbocycles. The molecule has 0 amide bonds. The summed E-state index contributed by atoms with van der Waals surface area (Å²) < 4.78 is 0. The van der Waals surface area contributed by atoms with Crippen LogP contribution < -0.4 is 10.2 Å². The van der Waals surface area contributed by atoms with Crippen molar-refractivity contribution in [2.45, 2.75) is 25.5 Å². The van der Waals surface area contributed by atoms with Gasteiger partial charge in [0, 0.05) is 19.1 Å². The van der Waals surface area contributed by atoms with Gasteiger partial charge in [0.1, 0.15) is 6.61 Å². The van der Waals surface area contributed by atoms with Gasteiger partial charge in [-0.05, 0) is 25.3 Å². The minimum Gasteiger partial charge on any atom is -0.388 e. The van der Waals surface area contributed by atoms with E-state index in [1.807, 2.05) is 0 Å².